The van der Waals surface area contributed by atoms with Crippen LogP contribution in [-0.4, -0.2) is 23.5 Å². The van der Waals surface area contributed by atoms with E-state index in [4.69, 9.17) is 16.7 Å². The number of nitrogens with one attached hydrogen (secondary N) is 1. The summed E-state index contributed by atoms with van der Waals surface area (Å²) in [6.45, 7) is 4.54. The molecule has 0 spiro atoms. The van der Waals surface area contributed by atoms with Gasteiger partial charge in [-0.05, 0) is 49.9 Å². The molecule has 5 heteroatoms. The van der Waals surface area contributed by atoms with Gasteiger partial charge in [0, 0.05) is 13.0 Å². The molecule has 1 aromatic rings. The third-order valence-corrected chi connectivity index (χ3v) is 3.99. The Bertz CT molecular complexity index is 529. The van der Waals surface area contributed by atoms with Gasteiger partial charge in [0.25, 0.3) is 5.91 Å². The largest absolute Gasteiger partial charge is 0.481 e. The molecule has 0 aliphatic rings. The molecule has 0 aliphatic heterocycles. The van der Waals surface area contributed by atoms with Crippen molar-refractivity contribution >= 4 is 23.5 Å². The lowest BCUT2D eigenvalue weighted by atomic mass is 10.1. The van der Waals surface area contributed by atoms with Crippen LogP contribution in [0.15, 0.2) is 12.1 Å². The highest BCUT2D eigenvalue weighted by Crippen LogP contribution is 2.20. The molecule has 0 bridgehead atoms. The zero-order valence-corrected chi connectivity index (χ0v) is 14.0. The van der Waals surface area contributed by atoms with E-state index in [0.29, 0.717) is 17.1 Å². The summed E-state index contributed by atoms with van der Waals surface area (Å²) in [5.41, 5.74) is 2.64. The van der Waals surface area contributed by atoms with Crippen molar-refractivity contribution in [2.24, 2.45) is 0 Å². The molecule has 0 heterocycles. The summed E-state index contributed by atoms with van der Waals surface area (Å²) in [4.78, 5) is 22.4. The Morgan fingerprint density at radius 1 is 1.05 bits per heavy atom. The fourth-order valence-electron chi connectivity index (χ4n) is 2.18. The van der Waals surface area contributed by atoms with Crippen LogP contribution in [0.5, 0.6) is 0 Å². The fourth-order valence-corrected chi connectivity index (χ4v) is 2.49. The van der Waals surface area contributed by atoms with Gasteiger partial charge in [-0.3, -0.25) is 9.59 Å². The molecule has 22 heavy (non-hydrogen) atoms. The van der Waals surface area contributed by atoms with Crippen LogP contribution >= 0.6 is 11.6 Å². The first-order valence-corrected chi connectivity index (χ1v) is 8.06. The first kappa shape index (κ1) is 18.5. The molecule has 122 valence electrons. The first-order chi connectivity index (χ1) is 10.4. The molecule has 0 atom stereocenters. The summed E-state index contributed by atoms with van der Waals surface area (Å²) in [5.74, 6) is -0.878. The average Bonchev–Trinajstić information content (AvgIpc) is 2.45. The number of benzene rings is 1. The van der Waals surface area contributed by atoms with Gasteiger partial charge in [-0.1, -0.05) is 30.9 Å². The number of hydrogen-bond acceptors (Lipinski definition) is 2. The molecule has 0 fully saturated rings. The highest BCUT2D eigenvalue weighted by atomic mass is 35.5. The second-order valence-corrected chi connectivity index (χ2v) is 5.99. The number of carbonyl (C=O) groups excluding carboxylic acids is 1. The number of halogens is 1. The van der Waals surface area contributed by atoms with Crippen molar-refractivity contribution in [2.45, 2.75) is 52.4 Å². The van der Waals surface area contributed by atoms with E-state index in [9.17, 15) is 9.59 Å². The smallest absolute Gasteiger partial charge is 0.303 e. The Morgan fingerprint density at radius 3 is 2.32 bits per heavy atom. The van der Waals surface area contributed by atoms with E-state index in [0.717, 1.165) is 43.2 Å². The van der Waals surface area contributed by atoms with Crippen molar-refractivity contribution in [3.63, 3.8) is 0 Å². The number of aryl methyl sites for hydroxylation is 2. The molecule has 2 N–H and O–H groups in total. The van der Waals surface area contributed by atoms with Gasteiger partial charge < -0.3 is 10.4 Å². The second-order valence-electron chi connectivity index (χ2n) is 5.58. The fraction of sp³-hybridized carbons (Fsp3) is 0.529. The number of amides is 1. The number of rotatable bonds is 9. The zero-order chi connectivity index (χ0) is 16.5. The SMILES string of the molecule is Cc1cc(Cl)c(C(=O)NCCCCCCCC(=O)O)cc1C. The van der Waals surface area contributed by atoms with Crippen LogP contribution < -0.4 is 5.32 Å². The van der Waals surface area contributed by atoms with E-state index in [2.05, 4.69) is 5.32 Å². The molecule has 0 aromatic heterocycles. The van der Waals surface area contributed by atoms with Crippen molar-refractivity contribution in [1.82, 2.24) is 5.32 Å². The van der Waals surface area contributed by atoms with E-state index in [1.807, 2.05) is 26.0 Å². The van der Waals surface area contributed by atoms with Crippen molar-refractivity contribution in [1.29, 1.82) is 0 Å². The Kier molecular flexibility index (Phi) is 7.96. The summed E-state index contributed by atoms with van der Waals surface area (Å²) in [6, 6.07) is 3.63. The van der Waals surface area contributed by atoms with Crippen LogP contribution in [0.25, 0.3) is 0 Å². The number of carboxylic acids is 1. The minimum absolute atomic E-state index is 0.140. The van der Waals surface area contributed by atoms with Gasteiger partial charge in [0.1, 0.15) is 0 Å². The molecule has 1 aromatic carbocycles. The van der Waals surface area contributed by atoms with Gasteiger partial charge in [0.15, 0.2) is 0 Å². The molecule has 0 aliphatic carbocycles. The van der Waals surface area contributed by atoms with Crippen LogP contribution in [-0.2, 0) is 4.79 Å². The average molecular weight is 326 g/mol. The monoisotopic (exact) mass is 325 g/mol. The minimum Gasteiger partial charge on any atom is -0.481 e. The molecule has 0 radical (unpaired) electrons. The van der Waals surface area contributed by atoms with Crippen molar-refractivity contribution in [2.75, 3.05) is 6.54 Å². The molecule has 0 unspecified atom stereocenters. The van der Waals surface area contributed by atoms with Crippen molar-refractivity contribution < 1.29 is 14.7 Å². The second kappa shape index (κ2) is 9.46. The van der Waals surface area contributed by atoms with E-state index in [1.165, 1.54) is 0 Å². The summed E-state index contributed by atoms with van der Waals surface area (Å²) in [6.07, 6.45) is 4.75. The van der Waals surface area contributed by atoms with E-state index in [1.54, 1.807) is 0 Å². The maximum Gasteiger partial charge on any atom is 0.303 e. The van der Waals surface area contributed by atoms with Gasteiger partial charge in [0.2, 0.25) is 0 Å². The Labute approximate surface area is 136 Å². The number of aliphatic carboxylic acids is 1. The highest BCUT2D eigenvalue weighted by Gasteiger charge is 2.11. The maximum atomic E-state index is 12.1. The van der Waals surface area contributed by atoms with Crippen LogP contribution in [0.1, 0.15) is 60.0 Å². The molecule has 0 saturated carbocycles. The standard InChI is InChI=1S/C17H24ClNO3/c1-12-10-14(15(18)11-13(12)2)17(22)19-9-7-5-3-4-6-8-16(20)21/h10-11H,3-9H2,1-2H3,(H,19,22)(H,20,21). The van der Waals surface area contributed by atoms with Gasteiger partial charge >= 0.3 is 5.97 Å². The molecule has 1 rings (SSSR count). The number of carbonyl (C=O) groups is 2. The molecule has 0 saturated heterocycles. The van der Waals surface area contributed by atoms with Crippen molar-refractivity contribution in [3.8, 4) is 0 Å². The lowest BCUT2D eigenvalue weighted by Crippen LogP contribution is -2.24. The van der Waals surface area contributed by atoms with Gasteiger partial charge in [0.05, 0.1) is 10.6 Å². The third kappa shape index (κ3) is 6.48. The number of unbranched alkanes of at least 4 members (excludes halogenated alkanes) is 4. The lowest BCUT2D eigenvalue weighted by molar-refractivity contribution is -0.137. The third-order valence-electron chi connectivity index (χ3n) is 3.68. The predicted octanol–water partition coefficient (Wildman–Crippen LogP) is 4.11. The molecular formula is C17H24ClNO3. The van der Waals surface area contributed by atoms with E-state index < -0.39 is 5.97 Å². The zero-order valence-electron chi connectivity index (χ0n) is 13.2. The predicted molar refractivity (Wildman–Crippen MR) is 88.6 cm³/mol. The van der Waals surface area contributed by atoms with Crippen LogP contribution in [0, 0.1) is 13.8 Å². The number of hydrogen-bond donors (Lipinski definition) is 2. The maximum absolute atomic E-state index is 12.1. The molecule has 1 amide bonds. The topological polar surface area (TPSA) is 66.4 Å². The van der Waals surface area contributed by atoms with E-state index in [-0.39, 0.29) is 12.3 Å². The minimum atomic E-state index is -0.738. The van der Waals surface area contributed by atoms with Crippen LogP contribution in [0.4, 0.5) is 0 Å². The molecule has 4 nitrogen and oxygen atoms in total. The first-order valence-electron chi connectivity index (χ1n) is 7.68. The lowest BCUT2D eigenvalue weighted by Gasteiger charge is -2.09. The highest BCUT2D eigenvalue weighted by molar-refractivity contribution is 6.33. The normalized spacial score (nSPS) is 10.5. The summed E-state index contributed by atoms with van der Waals surface area (Å²) < 4.78 is 0. The Morgan fingerprint density at radius 2 is 1.64 bits per heavy atom. The number of carboxylic acid groups (broad SMARTS) is 1. The van der Waals surface area contributed by atoms with Gasteiger partial charge in [-0.25, -0.2) is 0 Å². The Balaban J connectivity index is 2.24. The quantitative estimate of drug-likeness (QED) is 0.671. The van der Waals surface area contributed by atoms with E-state index >= 15 is 0 Å². The Hall–Kier alpha value is -1.55. The summed E-state index contributed by atoms with van der Waals surface area (Å²) in [7, 11) is 0. The molecular weight excluding hydrogens is 302 g/mol. The summed E-state index contributed by atoms with van der Waals surface area (Å²) >= 11 is 6.11. The summed E-state index contributed by atoms with van der Waals surface area (Å²) in [5, 5.41) is 11.9. The van der Waals surface area contributed by atoms with Crippen LogP contribution in [0.3, 0.4) is 0 Å². The van der Waals surface area contributed by atoms with Crippen LogP contribution in [0.2, 0.25) is 5.02 Å². The van der Waals surface area contributed by atoms with Crippen molar-refractivity contribution in [3.05, 3.63) is 33.8 Å². The van der Waals surface area contributed by atoms with Gasteiger partial charge in [-0.15, -0.1) is 0 Å². The van der Waals surface area contributed by atoms with Gasteiger partial charge in [-0.2, -0.15) is 0 Å².